The van der Waals surface area contributed by atoms with Gasteiger partial charge in [0.2, 0.25) is 15.9 Å². The van der Waals surface area contributed by atoms with Crippen LogP contribution in [0.4, 0.5) is 0 Å². The Labute approximate surface area is 84.1 Å². The van der Waals surface area contributed by atoms with E-state index in [1.54, 1.807) is 0 Å². The molecule has 1 aliphatic carbocycles. The molecule has 6 heteroatoms. The van der Waals surface area contributed by atoms with E-state index in [2.05, 4.69) is 0 Å². The van der Waals surface area contributed by atoms with Crippen LogP contribution in [0.1, 0.15) is 25.7 Å². The van der Waals surface area contributed by atoms with E-state index in [0.717, 1.165) is 25.5 Å². The molecule has 5 nitrogen and oxygen atoms in total. The smallest absolute Gasteiger partial charge is 0.233 e. The summed E-state index contributed by atoms with van der Waals surface area (Å²) in [5.41, 5.74) is 5.76. The minimum absolute atomic E-state index is 0.0420. The molecule has 82 valence electrons. The molecule has 0 aromatic heterocycles. The zero-order chi connectivity index (χ0) is 10.8. The van der Waals surface area contributed by atoms with E-state index in [1.165, 1.54) is 0 Å². The number of nitrogens with two attached hydrogens (primary N) is 1. The normalized spacial score (nSPS) is 27.6. The Morgan fingerprint density at radius 2 is 2.14 bits per heavy atom. The van der Waals surface area contributed by atoms with Gasteiger partial charge in [-0.05, 0) is 18.8 Å². The molecule has 0 aliphatic heterocycles. The van der Waals surface area contributed by atoms with Crippen molar-refractivity contribution in [1.29, 1.82) is 0 Å². The monoisotopic (exact) mass is 220 g/mol. The SMILES string of the molecule is CS(=O)(=O)NC(=O)C[C@@H]1CCC[C@H]1N. The van der Waals surface area contributed by atoms with Gasteiger partial charge in [-0.15, -0.1) is 0 Å². The van der Waals surface area contributed by atoms with Gasteiger partial charge in [0.1, 0.15) is 0 Å². The number of hydrogen-bond acceptors (Lipinski definition) is 4. The van der Waals surface area contributed by atoms with Crippen LogP contribution in [0.25, 0.3) is 0 Å². The summed E-state index contributed by atoms with van der Waals surface area (Å²) in [7, 11) is -3.42. The van der Waals surface area contributed by atoms with Gasteiger partial charge in [-0.1, -0.05) is 6.42 Å². The Bertz CT molecular complexity index is 313. The van der Waals surface area contributed by atoms with Crippen LogP contribution >= 0.6 is 0 Å². The largest absolute Gasteiger partial charge is 0.327 e. The minimum atomic E-state index is -3.42. The van der Waals surface area contributed by atoms with E-state index in [4.69, 9.17) is 5.73 Å². The minimum Gasteiger partial charge on any atom is -0.327 e. The molecule has 0 bridgehead atoms. The van der Waals surface area contributed by atoms with Crippen LogP contribution in [-0.2, 0) is 14.8 Å². The van der Waals surface area contributed by atoms with Gasteiger partial charge in [0.25, 0.3) is 0 Å². The fraction of sp³-hybridized carbons (Fsp3) is 0.875. The molecule has 0 heterocycles. The van der Waals surface area contributed by atoms with Gasteiger partial charge in [-0.25, -0.2) is 8.42 Å². The number of nitrogens with one attached hydrogen (secondary N) is 1. The number of amides is 1. The van der Waals surface area contributed by atoms with Gasteiger partial charge < -0.3 is 5.73 Å². The van der Waals surface area contributed by atoms with E-state index >= 15 is 0 Å². The van der Waals surface area contributed by atoms with E-state index in [9.17, 15) is 13.2 Å². The predicted molar refractivity (Wildman–Crippen MR) is 52.9 cm³/mol. The third-order valence-corrected chi connectivity index (χ3v) is 3.06. The molecule has 2 atom stereocenters. The number of sulfonamides is 1. The third kappa shape index (κ3) is 3.63. The third-order valence-electron chi connectivity index (χ3n) is 2.46. The van der Waals surface area contributed by atoms with Crippen LogP contribution in [0.15, 0.2) is 0 Å². The Balaban J connectivity index is 2.41. The first-order valence-corrected chi connectivity index (χ1v) is 6.54. The molecular formula is C8H16N2O3S. The summed E-state index contributed by atoms with van der Waals surface area (Å²) in [6, 6.07) is 0.0420. The topological polar surface area (TPSA) is 89.3 Å². The van der Waals surface area contributed by atoms with Gasteiger partial charge in [-0.3, -0.25) is 9.52 Å². The molecule has 1 aliphatic rings. The summed E-state index contributed by atoms with van der Waals surface area (Å²) in [5.74, 6) is -0.313. The molecular weight excluding hydrogens is 204 g/mol. The number of hydrogen-bond donors (Lipinski definition) is 2. The molecule has 1 amide bonds. The summed E-state index contributed by atoms with van der Waals surface area (Å²) in [6.07, 6.45) is 4.06. The predicted octanol–water partition coefficient (Wildman–Crippen LogP) is -0.420. The molecule has 0 spiro atoms. The van der Waals surface area contributed by atoms with Crippen LogP contribution in [0.3, 0.4) is 0 Å². The Morgan fingerprint density at radius 1 is 1.50 bits per heavy atom. The van der Waals surface area contributed by atoms with Crippen LogP contribution in [0, 0.1) is 5.92 Å². The van der Waals surface area contributed by atoms with Crippen LogP contribution < -0.4 is 10.5 Å². The fourth-order valence-electron chi connectivity index (χ4n) is 1.81. The number of rotatable bonds is 3. The maximum Gasteiger partial charge on any atom is 0.233 e. The van der Waals surface area contributed by atoms with E-state index in [-0.39, 0.29) is 18.4 Å². The maximum absolute atomic E-state index is 11.2. The van der Waals surface area contributed by atoms with Crippen molar-refractivity contribution < 1.29 is 13.2 Å². The van der Waals surface area contributed by atoms with Gasteiger partial charge >= 0.3 is 0 Å². The lowest BCUT2D eigenvalue weighted by molar-refractivity contribution is -0.120. The lowest BCUT2D eigenvalue weighted by atomic mass is 10.0. The van der Waals surface area contributed by atoms with Crippen LogP contribution in [-0.4, -0.2) is 26.6 Å². The highest BCUT2D eigenvalue weighted by atomic mass is 32.2. The van der Waals surface area contributed by atoms with Crippen molar-refractivity contribution in [2.24, 2.45) is 11.7 Å². The Morgan fingerprint density at radius 3 is 2.57 bits per heavy atom. The number of carbonyl (C=O) groups is 1. The standard InChI is InChI=1S/C8H16N2O3S/c1-14(12,13)10-8(11)5-6-3-2-4-7(6)9/h6-7H,2-5,9H2,1H3,(H,10,11)/t6-,7+/m0/s1. The highest BCUT2D eigenvalue weighted by Gasteiger charge is 2.26. The quantitative estimate of drug-likeness (QED) is 0.676. The number of carbonyl (C=O) groups excluding carboxylic acids is 1. The van der Waals surface area contributed by atoms with Crippen molar-refractivity contribution in [3.63, 3.8) is 0 Å². The second-order valence-electron chi connectivity index (χ2n) is 3.86. The highest BCUT2D eigenvalue weighted by Crippen LogP contribution is 2.26. The Hall–Kier alpha value is -0.620. The first-order chi connectivity index (χ1) is 6.38. The van der Waals surface area contributed by atoms with Crippen LogP contribution in [0.2, 0.25) is 0 Å². The van der Waals surface area contributed by atoms with Crippen molar-refractivity contribution >= 4 is 15.9 Å². The lowest BCUT2D eigenvalue weighted by Gasteiger charge is -2.13. The second kappa shape index (κ2) is 4.27. The molecule has 0 unspecified atom stereocenters. The molecule has 0 aromatic rings. The summed E-state index contributed by atoms with van der Waals surface area (Å²) in [6.45, 7) is 0. The highest BCUT2D eigenvalue weighted by molar-refractivity contribution is 7.89. The molecule has 1 rings (SSSR count). The van der Waals surface area contributed by atoms with Crippen molar-refractivity contribution in [3.05, 3.63) is 0 Å². The fourth-order valence-corrected chi connectivity index (χ4v) is 2.30. The Kier molecular flexibility index (Phi) is 3.49. The summed E-state index contributed by atoms with van der Waals surface area (Å²) in [4.78, 5) is 11.2. The molecule has 0 aromatic carbocycles. The van der Waals surface area contributed by atoms with E-state index in [1.807, 2.05) is 4.72 Å². The molecule has 1 fully saturated rings. The maximum atomic E-state index is 11.2. The molecule has 14 heavy (non-hydrogen) atoms. The van der Waals surface area contributed by atoms with Crippen molar-refractivity contribution in [2.45, 2.75) is 31.7 Å². The van der Waals surface area contributed by atoms with Gasteiger partial charge in [-0.2, -0.15) is 0 Å². The molecule has 0 radical (unpaired) electrons. The summed E-state index contributed by atoms with van der Waals surface area (Å²) in [5, 5.41) is 0. The molecule has 3 N–H and O–H groups in total. The van der Waals surface area contributed by atoms with Gasteiger partial charge in [0.15, 0.2) is 0 Å². The lowest BCUT2D eigenvalue weighted by Crippen LogP contribution is -2.34. The van der Waals surface area contributed by atoms with E-state index < -0.39 is 15.9 Å². The van der Waals surface area contributed by atoms with Gasteiger partial charge in [0.05, 0.1) is 6.26 Å². The molecule has 1 saturated carbocycles. The average Bonchev–Trinajstić information content (AvgIpc) is 2.32. The zero-order valence-corrected chi connectivity index (χ0v) is 9.01. The summed E-state index contributed by atoms with van der Waals surface area (Å²) >= 11 is 0. The van der Waals surface area contributed by atoms with Crippen molar-refractivity contribution in [2.75, 3.05) is 6.26 Å². The average molecular weight is 220 g/mol. The zero-order valence-electron chi connectivity index (χ0n) is 8.19. The first-order valence-electron chi connectivity index (χ1n) is 4.64. The van der Waals surface area contributed by atoms with Gasteiger partial charge in [0, 0.05) is 12.5 Å². The summed E-state index contributed by atoms with van der Waals surface area (Å²) < 4.78 is 23.4. The van der Waals surface area contributed by atoms with E-state index in [0.29, 0.717) is 0 Å². The van der Waals surface area contributed by atoms with Crippen molar-refractivity contribution in [3.8, 4) is 0 Å². The van der Waals surface area contributed by atoms with Crippen molar-refractivity contribution in [1.82, 2.24) is 4.72 Å². The van der Waals surface area contributed by atoms with Crippen LogP contribution in [0.5, 0.6) is 0 Å². The first kappa shape index (κ1) is 11.5. The second-order valence-corrected chi connectivity index (χ2v) is 5.60. The molecule has 0 saturated heterocycles.